The Balaban J connectivity index is 2.34. The van der Waals surface area contributed by atoms with Crippen molar-refractivity contribution in [1.82, 2.24) is 10.0 Å². The molecule has 0 aromatic heterocycles. The molecule has 1 aromatic carbocycles. The number of nitrogens with one attached hydrogen (secondary N) is 2. The molecule has 1 aromatic rings. The van der Waals surface area contributed by atoms with E-state index in [1.807, 2.05) is 36.4 Å². The summed E-state index contributed by atoms with van der Waals surface area (Å²) >= 11 is 0. The standard InChI is InChI=1S/C14H19N3O3S/c1-21(19,20)17-9-5-8-16-14(18)13(11-15)10-12-6-3-2-4-7-12/h2-4,6-7,13,17H,5,8-10H2,1H3,(H,16,18). The Hall–Kier alpha value is -1.91. The summed E-state index contributed by atoms with van der Waals surface area (Å²) in [6, 6.07) is 11.3. The van der Waals surface area contributed by atoms with Gasteiger partial charge < -0.3 is 5.32 Å². The van der Waals surface area contributed by atoms with Gasteiger partial charge in [0.05, 0.1) is 12.3 Å². The Morgan fingerprint density at radius 1 is 1.29 bits per heavy atom. The summed E-state index contributed by atoms with van der Waals surface area (Å²) in [5.74, 6) is -1.07. The van der Waals surface area contributed by atoms with Crippen molar-refractivity contribution < 1.29 is 13.2 Å². The number of amides is 1. The van der Waals surface area contributed by atoms with Crippen molar-refractivity contribution in [2.45, 2.75) is 12.8 Å². The molecule has 0 aliphatic heterocycles. The Bertz CT molecular complexity index is 594. The molecule has 0 radical (unpaired) electrons. The lowest BCUT2D eigenvalue weighted by Gasteiger charge is -2.10. The zero-order chi connectivity index (χ0) is 15.7. The molecule has 0 bridgehead atoms. The number of benzene rings is 1. The Morgan fingerprint density at radius 3 is 2.52 bits per heavy atom. The van der Waals surface area contributed by atoms with Crippen LogP contribution in [0.4, 0.5) is 0 Å². The first kappa shape index (κ1) is 17.1. The van der Waals surface area contributed by atoms with Gasteiger partial charge in [0.2, 0.25) is 15.9 Å². The fourth-order valence-corrected chi connectivity index (χ4v) is 2.24. The Morgan fingerprint density at radius 2 is 1.95 bits per heavy atom. The molecule has 0 spiro atoms. The highest BCUT2D eigenvalue weighted by Crippen LogP contribution is 2.08. The van der Waals surface area contributed by atoms with Crippen LogP contribution in [0.2, 0.25) is 0 Å². The molecule has 1 rings (SSSR count). The molecule has 1 atom stereocenters. The Labute approximate surface area is 125 Å². The van der Waals surface area contributed by atoms with Gasteiger partial charge in [0.1, 0.15) is 5.92 Å². The van der Waals surface area contributed by atoms with E-state index < -0.39 is 15.9 Å². The van der Waals surface area contributed by atoms with Crippen LogP contribution in [0.15, 0.2) is 30.3 Å². The zero-order valence-electron chi connectivity index (χ0n) is 11.9. The van der Waals surface area contributed by atoms with Gasteiger partial charge in [0, 0.05) is 13.1 Å². The number of carbonyl (C=O) groups is 1. The lowest BCUT2D eigenvalue weighted by molar-refractivity contribution is -0.123. The molecule has 0 aliphatic carbocycles. The van der Waals surface area contributed by atoms with Crippen molar-refractivity contribution in [2.75, 3.05) is 19.3 Å². The molecule has 0 heterocycles. The summed E-state index contributed by atoms with van der Waals surface area (Å²) < 4.78 is 24.0. The monoisotopic (exact) mass is 309 g/mol. The smallest absolute Gasteiger partial charge is 0.237 e. The minimum absolute atomic E-state index is 0.259. The van der Waals surface area contributed by atoms with E-state index in [4.69, 9.17) is 5.26 Å². The maximum absolute atomic E-state index is 11.9. The highest BCUT2D eigenvalue weighted by Gasteiger charge is 2.17. The molecule has 7 heteroatoms. The summed E-state index contributed by atoms with van der Waals surface area (Å²) in [4.78, 5) is 11.9. The predicted molar refractivity (Wildman–Crippen MR) is 79.7 cm³/mol. The van der Waals surface area contributed by atoms with Crippen molar-refractivity contribution in [2.24, 2.45) is 5.92 Å². The highest BCUT2D eigenvalue weighted by molar-refractivity contribution is 7.88. The molecule has 21 heavy (non-hydrogen) atoms. The zero-order valence-corrected chi connectivity index (χ0v) is 12.7. The summed E-state index contributed by atoms with van der Waals surface area (Å²) in [5, 5.41) is 11.7. The van der Waals surface area contributed by atoms with Crippen LogP contribution in [0.25, 0.3) is 0 Å². The van der Waals surface area contributed by atoms with Gasteiger partial charge in [-0.3, -0.25) is 4.79 Å². The first-order valence-corrected chi connectivity index (χ1v) is 8.47. The van der Waals surface area contributed by atoms with E-state index in [1.165, 1.54) is 0 Å². The van der Waals surface area contributed by atoms with Crippen molar-refractivity contribution in [3.8, 4) is 6.07 Å². The summed E-state index contributed by atoms with van der Waals surface area (Å²) in [7, 11) is -3.20. The van der Waals surface area contributed by atoms with Crippen LogP contribution in [-0.2, 0) is 21.2 Å². The lowest BCUT2D eigenvalue weighted by atomic mass is 10.00. The molecule has 2 N–H and O–H groups in total. The van der Waals surface area contributed by atoms with E-state index in [9.17, 15) is 13.2 Å². The van der Waals surface area contributed by atoms with Crippen molar-refractivity contribution >= 4 is 15.9 Å². The second kappa shape index (κ2) is 8.39. The van der Waals surface area contributed by atoms with E-state index in [0.717, 1.165) is 11.8 Å². The second-order valence-corrected chi connectivity index (χ2v) is 6.52. The molecule has 1 unspecified atom stereocenters. The average Bonchev–Trinajstić information content (AvgIpc) is 2.44. The quantitative estimate of drug-likeness (QED) is 0.680. The Kier molecular flexibility index (Phi) is 6.85. The van der Waals surface area contributed by atoms with Crippen molar-refractivity contribution in [3.63, 3.8) is 0 Å². The van der Waals surface area contributed by atoms with Gasteiger partial charge in [0.25, 0.3) is 0 Å². The van der Waals surface area contributed by atoms with Crippen LogP contribution >= 0.6 is 0 Å². The second-order valence-electron chi connectivity index (χ2n) is 4.68. The molecule has 1 amide bonds. The molecule has 0 aliphatic rings. The molecule has 6 nitrogen and oxygen atoms in total. The predicted octanol–water partition coefficient (Wildman–Crippen LogP) is 0.424. The number of hydrogen-bond acceptors (Lipinski definition) is 4. The summed E-state index contributed by atoms with van der Waals surface area (Å²) in [5.41, 5.74) is 0.929. The number of rotatable bonds is 8. The summed E-state index contributed by atoms with van der Waals surface area (Å²) in [6.07, 6.45) is 1.92. The third kappa shape index (κ3) is 7.44. The number of carbonyl (C=O) groups excluding carboxylic acids is 1. The van der Waals surface area contributed by atoms with Gasteiger partial charge in [-0.05, 0) is 18.4 Å². The third-order valence-corrected chi connectivity index (χ3v) is 3.50. The van der Waals surface area contributed by atoms with Crippen LogP contribution in [0.5, 0.6) is 0 Å². The normalized spacial score (nSPS) is 12.4. The van der Waals surface area contributed by atoms with Gasteiger partial charge in [0.15, 0.2) is 0 Å². The van der Waals surface area contributed by atoms with Gasteiger partial charge in [-0.1, -0.05) is 30.3 Å². The van der Waals surface area contributed by atoms with Crippen molar-refractivity contribution in [3.05, 3.63) is 35.9 Å². The SMILES string of the molecule is CS(=O)(=O)NCCCNC(=O)C(C#N)Cc1ccccc1. The third-order valence-electron chi connectivity index (χ3n) is 2.77. The topological polar surface area (TPSA) is 99.1 Å². The molecule has 0 saturated heterocycles. The molecule has 0 saturated carbocycles. The van der Waals surface area contributed by atoms with E-state index in [0.29, 0.717) is 19.4 Å². The summed E-state index contributed by atoms with van der Waals surface area (Å²) in [6.45, 7) is 0.587. The fraction of sp³-hybridized carbons (Fsp3) is 0.429. The molecular formula is C14H19N3O3S. The maximum Gasteiger partial charge on any atom is 0.237 e. The van der Waals surface area contributed by atoms with Gasteiger partial charge in [-0.25, -0.2) is 13.1 Å². The fourth-order valence-electron chi connectivity index (χ4n) is 1.73. The van der Waals surface area contributed by atoms with Gasteiger partial charge in [-0.2, -0.15) is 5.26 Å². The van der Waals surface area contributed by atoms with E-state index in [2.05, 4.69) is 10.0 Å². The van der Waals surface area contributed by atoms with Crippen LogP contribution in [0, 0.1) is 17.2 Å². The van der Waals surface area contributed by atoms with Crippen LogP contribution < -0.4 is 10.0 Å². The molecular weight excluding hydrogens is 290 g/mol. The van der Waals surface area contributed by atoms with E-state index in [-0.39, 0.29) is 12.5 Å². The van der Waals surface area contributed by atoms with Crippen LogP contribution in [-0.4, -0.2) is 33.7 Å². The number of hydrogen-bond donors (Lipinski definition) is 2. The molecule has 0 fully saturated rings. The number of nitriles is 1. The minimum Gasteiger partial charge on any atom is -0.355 e. The van der Waals surface area contributed by atoms with Gasteiger partial charge in [-0.15, -0.1) is 0 Å². The van der Waals surface area contributed by atoms with E-state index >= 15 is 0 Å². The lowest BCUT2D eigenvalue weighted by Crippen LogP contribution is -2.33. The largest absolute Gasteiger partial charge is 0.355 e. The van der Waals surface area contributed by atoms with Crippen LogP contribution in [0.1, 0.15) is 12.0 Å². The first-order chi connectivity index (χ1) is 9.92. The van der Waals surface area contributed by atoms with Gasteiger partial charge >= 0.3 is 0 Å². The number of nitrogens with zero attached hydrogens (tertiary/aromatic N) is 1. The first-order valence-electron chi connectivity index (χ1n) is 6.58. The average molecular weight is 309 g/mol. The highest BCUT2D eigenvalue weighted by atomic mass is 32.2. The van der Waals surface area contributed by atoms with Crippen molar-refractivity contribution in [1.29, 1.82) is 5.26 Å². The van der Waals surface area contributed by atoms with Crippen LogP contribution in [0.3, 0.4) is 0 Å². The molecule has 114 valence electrons. The minimum atomic E-state index is -3.20. The van der Waals surface area contributed by atoms with E-state index in [1.54, 1.807) is 0 Å². The number of sulfonamides is 1. The maximum atomic E-state index is 11.9.